The van der Waals surface area contributed by atoms with E-state index in [0.29, 0.717) is 6.42 Å². The number of benzene rings is 1. The van der Waals surface area contributed by atoms with Crippen LogP contribution in [0, 0.1) is 5.82 Å². The van der Waals surface area contributed by atoms with Crippen LogP contribution in [0.1, 0.15) is 5.56 Å². The quantitative estimate of drug-likeness (QED) is 0.698. The van der Waals surface area contributed by atoms with Crippen LogP contribution in [0.4, 0.5) is 9.18 Å². The molecule has 1 aromatic carbocycles. The van der Waals surface area contributed by atoms with Gasteiger partial charge in [0.1, 0.15) is 11.9 Å². The molecule has 1 fully saturated rings. The molecule has 0 bridgehead atoms. The Balaban J connectivity index is 2.06. The molecular formula is C10H9FN2O2. The largest absolute Gasteiger partial charge is 0.326 e. The number of carbonyl (C=O) groups is 2. The van der Waals surface area contributed by atoms with Gasteiger partial charge in [0.2, 0.25) is 0 Å². The Bertz CT molecular complexity index is 402. The minimum atomic E-state index is -0.553. The molecule has 1 aliphatic heterocycles. The lowest BCUT2D eigenvalue weighted by molar-refractivity contribution is -0.120. The van der Waals surface area contributed by atoms with Crippen molar-refractivity contribution in [2.45, 2.75) is 12.5 Å². The first kappa shape index (κ1) is 9.64. The van der Waals surface area contributed by atoms with Crippen LogP contribution >= 0.6 is 0 Å². The number of hydrogen-bond acceptors (Lipinski definition) is 2. The number of hydrogen-bond donors (Lipinski definition) is 2. The first-order valence-corrected chi connectivity index (χ1v) is 4.51. The summed E-state index contributed by atoms with van der Waals surface area (Å²) in [5.41, 5.74) is 0.804. The van der Waals surface area contributed by atoms with E-state index in [0.717, 1.165) is 5.56 Å². The van der Waals surface area contributed by atoms with Gasteiger partial charge in [-0.25, -0.2) is 9.18 Å². The van der Waals surface area contributed by atoms with Crippen LogP contribution in [0.5, 0.6) is 0 Å². The van der Waals surface area contributed by atoms with E-state index < -0.39 is 12.1 Å². The van der Waals surface area contributed by atoms with Gasteiger partial charge in [0, 0.05) is 6.42 Å². The number of urea groups is 1. The molecule has 0 aromatic heterocycles. The minimum Gasteiger partial charge on any atom is -0.326 e. The topological polar surface area (TPSA) is 58.2 Å². The molecule has 78 valence electrons. The summed E-state index contributed by atoms with van der Waals surface area (Å²) in [6.07, 6.45) is 0.373. The molecule has 1 aromatic rings. The first-order chi connectivity index (χ1) is 7.15. The molecule has 0 radical (unpaired) electrons. The maximum atomic E-state index is 12.6. The number of halogens is 1. The number of rotatable bonds is 2. The highest BCUT2D eigenvalue weighted by atomic mass is 19.1. The second-order valence-corrected chi connectivity index (χ2v) is 3.35. The molecule has 0 saturated carbocycles. The smallest absolute Gasteiger partial charge is 0.322 e. The summed E-state index contributed by atoms with van der Waals surface area (Å²) < 4.78 is 12.6. The van der Waals surface area contributed by atoms with Crippen molar-refractivity contribution >= 4 is 11.9 Å². The van der Waals surface area contributed by atoms with Gasteiger partial charge in [-0.2, -0.15) is 0 Å². The third-order valence-corrected chi connectivity index (χ3v) is 2.21. The van der Waals surface area contributed by atoms with Crippen LogP contribution in [0.3, 0.4) is 0 Å². The maximum Gasteiger partial charge on any atom is 0.322 e. The van der Waals surface area contributed by atoms with E-state index in [9.17, 15) is 14.0 Å². The normalized spacial score (nSPS) is 19.9. The lowest BCUT2D eigenvalue weighted by Gasteiger charge is -2.06. The van der Waals surface area contributed by atoms with Gasteiger partial charge in [0.25, 0.3) is 5.91 Å². The molecule has 1 unspecified atom stereocenters. The molecule has 0 spiro atoms. The van der Waals surface area contributed by atoms with E-state index in [4.69, 9.17) is 0 Å². The van der Waals surface area contributed by atoms with Crippen LogP contribution in [-0.4, -0.2) is 18.0 Å². The average Bonchev–Trinajstić information content (AvgIpc) is 2.49. The zero-order chi connectivity index (χ0) is 10.8. The van der Waals surface area contributed by atoms with Gasteiger partial charge in [-0.3, -0.25) is 10.1 Å². The maximum absolute atomic E-state index is 12.6. The standard InChI is InChI=1S/C10H9FN2O2/c11-7-3-1-6(2-4-7)5-8-9(14)13-10(15)12-8/h1-4,8H,5H2,(H2,12,13,14,15). The highest BCUT2D eigenvalue weighted by Gasteiger charge is 2.29. The SMILES string of the molecule is O=C1NC(=O)C(Cc2ccc(F)cc2)N1. The summed E-state index contributed by atoms with van der Waals surface area (Å²) in [5.74, 6) is -0.664. The lowest BCUT2D eigenvalue weighted by atomic mass is 10.1. The Morgan fingerprint density at radius 2 is 1.87 bits per heavy atom. The second kappa shape index (κ2) is 3.68. The minimum absolute atomic E-state index is 0.321. The highest BCUT2D eigenvalue weighted by molar-refractivity contribution is 6.04. The van der Waals surface area contributed by atoms with E-state index in [1.54, 1.807) is 12.1 Å². The summed E-state index contributed by atoms with van der Waals surface area (Å²) >= 11 is 0. The molecule has 1 saturated heterocycles. The molecule has 5 heteroatoms. The molecule has 1 heterocycles. The van der Waals surface area contributed by atoms with Gasteiger partial charge < -0.3 is 5.32 Å². The number of amides is 3. The van der Waals surface area contributed by atoms with Crippen molar-refractivity contribution in [2.75, 3.05) is 0 Å². The molecule has 2 N–H and O–H groups in total. The van der Waals surface area contributed by atoms with Crippen LogP contribution in [0.15, 0.2) is 24.3 Å². The van der Waals surface area contributed by atoms with E-state index in [1.807, 2.05) is 0 Å². The number of imide groups is 1. The van der Waals surface area contributed by atoms with Crippen molar-refractivity contribution in [1.29, 1.82) is 0 Å². The Morgan fingerprint density at radius 1 is 1.20 bits per heavy atom. The predicted octanol–water partition coefficient (Wildman–Crippen LogP) is 0.576. The zero-order valence-electron chi connectivity index (χ0n) is 7.79. The van der Waals surface area contributed by atoms with Crippen molar-refractivity contribution in [1.82, 2.24) is 10.6 Å². The monoisotopic (exact) mass is 208 g/mol. The molecular weight excluding hydrogens is 199 g/mol. The fraction of sp³-hybridized carbons (Fsp3) is 0.200. The van der Waals surface area contributed by atoms with Gasteiger partial charge in [-0.1, -0.05) is 12.1 Å². The van der Waals surface area contributed by atoms with E-state index in [-0.39, 0.29) is 11.7 Å². The van der Waals surface area contributed by atoms with Gasteiger partial charge in [0.15, 0.2) is 0 Å². The predicted molar refractivity (Wildman–Crippen MR) is 50.6 cm³/mol. The van der Waals surface area contributed by atoms with E-state index >= 15 is 0 Å². The van der Waals surface area contributed by atoms with Crippen molar-refractivity contribution < 1.29 is 14.0 Å². The van der Waals surface area contributed by atoms with E-state index in [1.165, 1.54) is 12.1 Å². The second-order valence-electron chi connectivity index (χ2n) is 3.35. The number of nitrogens with one attached hydrogen (secondary N) is 2. The Morgan fingerprint density at radius 3 is 2.40 bits per heavy atom. The molecule has 2 rings (SSSR count). The lowest BCUT2D eigenvalue weighted by Crippen LogP contribution is -2.31. The van der Waals surface area contributed by atoms with Crippen LogP contribution in [0.25, 0.3) is 0 Å². The Hall–Kier alpha value is -1.91. The number of carbonyl (C=O) groups excluding carboxylic acids is 2. The molecule has 1 atom stereocenters. The third kappa shape index (κ3) is 2.12. The van der Waals surface area contributed by atoms with Crippen LogP contribution in [0.2, 0.25) is 0 Å². The van der Waals surface area contributed by atoms with Gasteiger partial charge in [-0.15, -0.1) is 0 Å². The van der Waals surface area contributed by atoms with Crippen molar-refractivity contribution in [2.24, 2.45) is 0 Å². The summed E-state index contributed by atoms with van der Waals surface area (Å²) in [5, 5.41) is 4.61. The fourth-order valence-corrected chi connectivity index (χ4v) is 1.46. The summed E-state index contributed by atoms with van der Waals surface area (Å²) in [4.78, 5) is 22.0. The Labute approximate surface area is 85.5 Å². The van der Waals surface area contributed by atoms with Crippen molar-refractivity contribution in [3.05, 3.63) is 35.6 Å². The molecule has 1 aliphatic rings. The summed E-state index contributed by atoms with van der Waals surface area (Å²) in [6, 6.07) is 4.80. The van der Waals surface area contributed by atoms with Gasteiger partial charge in [-0.05, 0) is 17.7 Å². The van der Waals surface area contributed by atoms with Gasteiger partial charge >= 0.3 is 6.03 Å². The molecule has 0 aliphatic carbocycles. The molecule has 3 amide bonds. The third-order valence-electron chi connectivity index (χ3n) is 2.21. The van der Waals surface area contributed by atoms with Crippen LogP contribution < -0.4 is 10.6 Å². The average molecular weight is 208 g/mol. The van der Waals surface area contributed by atoms with E-state index in [2.05, 4.69) is 10.6 Å². The summed E-state index contributed by atoms with van der Waals surface area (Å²) in [6.45, 7) is 0. The van der Waals surface area contributed by atoms with Crippen molar-refractivity contribution in [3.63, 3.8) is 0 Å². The fourth-order valence-electron chi connectivity index (χ4n) is 1.46. The first-order valence-electron chi connectivity index (χ1n) is 4.51. The van der Waals surface area contributed by atoms with Gasteiger partial charge in [0.05, 0.1) is 0 Å². The molecule has 4 nitrogen and oxygen atoms in total. The Kier molecular flexibility index (Phi) is 2.37. The zero-order valence-corrected chi connectivity index (χ0v) is 7.79. The van der Waals surface area contributed by atoms with Crippen molar-refractivity contribution in [3.8, 4) is 0 Å². The molecule has 15 heavy (non-hydrogen) atoms. The van der Waals surface area contributed by atoms with Crippen LogP contribution in [-0.2, 0) is 11.2 Å². The summed E-state index contributed by atoms with van der Waals surface area (Å²) in [7, 11) is 0. The highest BCUT2D eigenvalue weighted by Crippen LogP contribution is 2.07.